The maximum Gasteiger partial charge on any atom is 0.227 e. The van der Waals surface area contributed by atoms with Gasteiger partial charge in [0, 0.05) is 34.5 Å². The molecule has 0 atom stereocenters. The summed E-state index contributed by atoms with van der Waals surface area (Å²) in [6, 6.07) is 11.7. The van der Waals surface area contributed by atoms with Gasteiger partial charge in [-0.25, -0.2) is 25.8 Å². The lowest BCUT2D eigenvalue weighted by atomic mass is 10.1. The van der Waals surface area contributed by atoms with Crippen molar-refractivity contribution in [2.75, 3.05) is 25.0 Å². The zero-order chi connectivity index (χ0) is 24.3. The van der Waals surface area contributed by atoms with Gasteiger partial charge in [-0.1, -0.05) is 12.1 Å². The van der Waals surface area contributed by atoms with Crippen LogP contribution in [-0.4, -0.2) is 45.9 Å². The molecule has 0 bridgehead atoms. The third-order valence-electron chi connectivity index (χ3n) is 6.29. The number of rotatable bonds is 7. The number of aliphatic hydroxyl groups excluding tert-OH is 1. The third-order valence-corrected chi connectivity index (χ3v) is 6.29. The molecule has 0 radical (unpaired) electrons. The van der Waals surface area contributed by atoms with Crippen molar-refractivity contribution in [2.24, 2.45) is 0 Å². The van der Waals surface area contributed by atoms with Crippen molar-refractivity contribution in [1.29, 1.82) is 0 Å². The molecule has 0 aliphatic carbocycles. The molecule has 0 unspecified atom stereocenters. The number of ether oxygens (including phenoxy) is 1. The Hall–Kier alpha value is -4.19. The number of aromatic nitrogens is 3. The highest BCUT2D eigenvalue weighted by atomic mass is 16.5. The highest BCUT2D eigenvalue weighted by Crippen LogP contribution is 2.33. The van der Waals surface area contributed by atoms with Gasteiger partial charge in [-0.05, 0) is 44.1 Å². The van der Waals surface area contributed by atoms with Gasteiger partial charge < -0.3 is 24.9 Å². The average molecular weight is 488 g/mol. The van der Waals surface area contributed by atoms with Crippen molar-refractivity contribution < 1.29 is 19.8 Å². The van der Waals surface area contributed by atoms with Gasteiger partial charge in [0.25, 0.3) is 0 Å². The van der Waals surface area contributed by atoms with Gasteiger partial charge in [0.1, 0.15) is 23.2 Å². The summed E-state index contributed by atoms with van der Waals surface area (Å²) in [4.78, 5) is 13.3. The van der Waals surface area contributed by atoms with E-state index >= 15 is 0 Å². The Kier molecular flexibility index (Phi) is 6.08. The summed E-state index contributed by atoms with van der Waals surface area (Å²) in [5, 5.41) is 17.3. The van der Waals surface area contributed by atoms with E-state index in [2.05, 4.69) is 31.5 Å². The minimum atomic E-state index is -0.115. The maximum atomic E-state index is 9.81. The Labute approximate surface area is 206 Å². The van der Waals surface area contributed by atoms with Crippen LogP contribution in [-0.2, 0) is 0 Å². The van der Waals surface area contributed by atoms with Crippen LogP contribution >= 0.6 is 0 Å². The molecule has 2 aromatic heterocycles. The smallest absolute Gasteiger partial charge is 0.227 e. The molecule has 1 saturated heterocycles. The molecule has 2 aliphatic heterocycles. The zero-order valence-corrected chi connectivity index (χ0v) is 19.5. The SMILES string of the molecule is OCC1=C(c2cc3cnc(Nc4cccc(-c5cnco5)c4)nc3cc2OC2CCNCC2)N[NH2+]N1. The summed E-state index contributed by atoms with van der Waals surface area (Å²) in [5.41, 5.74) is 12.8. The molecule has 4 heterocycles. The molecule has 6 rings (SSSR count). The van der Waals surface area contributed by atoms with Gasteiger partial charge in [0.2, 0.25) is 5.95 Å². The monoisotopic (exact) mass is 487 g/mol. The molecule has 184 valence electrons. The molecule has 11 nitrogen and oxygen atoms in total. The molecular formula is C25H27N8O3+. The molecular weight excluding hydrogens is 460 g/mol. The number of quaternary nitrogens is 1. The quantitative estimate of drug-likeness (QED) is 0.212. The fourth-order valence-corrected chi connectivity index (χ4v) is 4.46. The Morgan fingerprint density at radius 2 is 2.06 bits per heavy atom. The number of fused-ring (bicyclic) bond motifs is 1. The number of hydrogen-bond acceptors (Lipinski definition) is 10. The van der Waals surface area contributed by atoms with Crippen LogP contribution in [0.25, 0.3) is 27.9 Å². The molecule has 11 heteroatoms. The first-order valence-corrected chi connectivity index (χ1v) is 11.9. The molecule has 0 amide bonds. The summed E-state index contributed by atoms with van der Waals surface area (Å²) in [6.07, 6.45) is 6.84. The first-order chi connectivity index (χ1) is 17.8. The molecule has 1 fully saturated rings. The Morgan fingerprint density at radius 3 is 2.89 bits per heavy atom. The van der Waals surface area contributed by atoms with Crippen LogP contribution in [0.3, 0.4) is 0 Å². The highest BCUT2D eigenvalue weighted by Gasteiger charge is 2.24. The van der Waals surface area contributed by atoms with Crippen LogP contribution in [0.15, 0.2) is 65.3 Å². The van der Waals surface area contributed by atoms with Crippen molar-refractivity contribution in [2.45, 2.75) is 18.9 Å². The lowest BCUT2D eigenvalue weighted by Gasteiger charge is -2.25. The number of anilines is 2. The van der Waals surface area contributed by atoms with Crippen LogP contribution in [0.2, 0.25) is 0 Å². The van der Waals surface area contributed by atoms with Crippen LogP contribution in [0.1, 0.15) is 18.4 Å². The van der Waals surface area contributed by atoms with Crippen molar-refractivity contribution in [3.8, 4) is 17.1 Å². The van der Waals surface area contributed by atoms with Crippen molar-refractivity contribution >= 4 is 28.2 Å². The molecule has 2 aliphatic rings. The van der Waals surface area contributed by atoms with Gasteiger partial charge in [-0.15, -0.1) is 5.53 Å². The number of aliphatic hydroxyl groups is 1. The van der Waals surface area contributed by atoms with Crippen molar-refractivity contribution in [3.63, 3.8) is 0 Å². The summed E-state index contributed by atoms with van der Waals surface area (Å²) >= 11 is 0. The van der Waals surface area contributed by atoms with E-state index in [-0.39, 0.29) is 12.7 Å². The number of benzene rings is 2. The number of nitrogens with two attached hydrogens (primary N) is 1. The van der Waals surface area contributed by atoms with Crippen LogP contribution in [0.4, 0.5) is 11.6 Å². The van der Waals surface area contributed by atoms with E-state index in [9.17, 15) is 5.11 Å². The fraction of sp³-hybridized carbons (Fsp3) is 0.240. The summed E-state index contributed by atoms with van der Waals surface area (Å²) in [5.74, 6) is 1.88. The van der Waals surface area contributed by atoms with Crippen LogP contribution in [0, 0.1) is 0 Å². The molecule has 0 saturated carbocycles. The normalized spacial score (nSPS) is 16.1. The van der Waals surface area contributed by atoms with Gasteiger partial charge in [0.05, 0.1) is 18.3 Å². The van der Waals surface area contributed by atoms with E-state index in [1.807, 2.05) is 36.4 Å². The lowest BCUT2D eigenvalue weighted by Crippen LogP contribution is -2.97. The van der Waals surface area contributed by atoms with Gasteiger partial charge in [0.15, 0.2) is 12.2 Å². The average Bonchev–Trinajstić information content (AvgIpc) is 3.62. The second-order valence-electron chi connectivity index (χ2n) is 8.68. The van der Waals surface area contributed by atoms with Gasteiger partial charge in [-0.3, -0.25) is 0 Å². The summed E-state index contributed by atoms with van der Waals surface area (Å²) in [6.45, 7) is 1.74. The molecule has 4 aromatic rings. The fourth-order valence-electron chi connectivity index (χ4n) is 4.46. The number of piperidine rings is 1. The number of nitrogens with zero attached hydrogens (tertiary/aromatic N) is 3. The minimum absolute atomic E-state index is 0.109. The van der Waals surface area contributed by atoms with Crippen LogP contribution in [0.5, 0.6) is 5.75 Å². The minimum Gasteiger partial charge on any atom is -0.490 e. The Bertz CT molecular complexity index is 1400. The Balaban J connectivity index is 1.35. The van der Waals surface area contributed by atoms with Crippen molar-refractivity contribution in [3.05, 3.63) is 66.4 Å². The first kappa shape index (κ1) is 22.3. The second-order valence-corrected chi connectivity index (χ2v) is 8.68. The maximum absolute atomic E-state index is 9.81. The van der Waals surface area contributed by atoms with Crippen LogP contribution < -0.4 is 31.8 Å². The molecule has 2 aromatic carbocycles. The predicted octanol–water partition coefficient (Wildman–Crippen LogP) is 1.41. The number of hydrogen-bond donors (Lipinski definition) is 6. The van der Waals surface area contributed by atoms with E-state index in [1.54, 1.807) is 17.9 Å². The third kappa shape index (κ3) is 4.54. The van der Waals surface area contributed by atoms with E-state index in [1.165, 1.54) is 6.39 Å². The molecule has 7 N–H and O–H groups in total. The largest absolute Gasteiger partial charge is 0.490 e. The highest BCUT2D eigenvalue weighted by molar-refractivity contribution is 5.87. The topological polar surface area (TPSA) is 146 Å². The second kappa shape index (κ2) is 9.82. The molecule has 36 heavy (non-hydrogen) atoms. The van der Waals surface area contributed by atoms with E-state index in [0.29, 0.717) is 17.4 Å². The Morgan fingerprint density at radius 1 is 1.14 bits per heavy atom. The van der Waals surface area contributed by atoms with E-state index in [0.717, 1.165) is 65.1 Å². The molecule has 0 spiro atoms. The lowest BCUT2D eigenvalue weighted by molar-refractivity contribution is -0.738. The summed E-state index contributed by atoms with van der Waals surface area (Å²) < 4.78 is 11.9. The van der Waals surface area contributed by atoms with E-state index < -0.39 is 0 Å². The van der Waals surface area contributed by atoms with E-state index in [4.69, 9.17) is 14.1 Å². The van der Waals surface area contributed by atoms with Gasteiger partial charge in [-0.2, -0.15) is 0 Å². The summed E-state index contributed by atoms with van der Waals surface area (Å²) in [7, 11) is 0. The zero-order valence-electron chi connectivity index (χ0n) is 19.5. The number of nitrogens with one attached hydrogen (secondary N) is 4. The standard InChI is InChI=1S/C25H26N8O3/c34-13-21-24(32-33-31-21)19-9-16-11-28-25(29-17-3-1-2-15(8-17)23-12-27-14-35-23)30-20(16)10-22(19)36-18-4-6-26-7-5-18/h1-3,8-12,14,18,26,31-34H,4-7,13H2,(H,28,29,30)/p+1. The van der Waals surface area contributed by atoms with Crippen molar-refractivity contribution in [1.82, 2.24) is 31.1 Å². The predicted molar refractivity (Wildman–Crippen MR) is 133 cm³/mol. The van der Waals surface area contributed by atoms with Gasteiger partial charge >= 0.3 is 0 Å². The number of oxazole rings is 1. The first-order valence-electron chi connectivity index (χ1n) is 11.9.